The average molecular weight is 298 g/mol. The molecule has 0 amide bonds. The van der Waals surface area contributed by atoms with Crippen LogP contribution in [0.15, 0.2) is 42.6 Å². The van der Waals surface area contributed by atoms with E-state index in [2.05, 4.69) is 55.2 Å². The lowest BCUT2D eigenvalue weighted by Gasteiger charge is -2.35. The monoisotopic (exact) mass is 298 g/mol. The molecule has 2 aliphatic carbocycles. The molecule has 1 heterocycles. The minimum Gasteiger partial charge on any atom is -0.366 e. The molecule has 3 heteroatoms. The molecule has 1 aromatic heterocycles. The number of rotatable bonds is 4. The molecular weight excluding hydrogens is 272 g/mol. The first-order chi connectivity index (χ1) is 10.6. The largest absolute Gasteiger partial charge is 0.366 e. The van der Waals surface area contributed by atoms with Crippen LogP contribution >= 0.6 is 0 Å². The van der Waals surface area contributed by atoms with Crippen molar-refractivity contribution in [1.29, 1.82) is 0 Å². The van der Waals surface area contributed by atoms with Gasteiger partial charge in [0.25, 0.3) is 0 Å². The Labute approximate surface area is 133 Å². The third-order valence-corrected chi connectivity index (χ3v) is 4.80. The summed E-state index contributed by atoms with van der Waals surface area (Å²) in [4.78, 5) is 6.73. The summed E-state index contributed by atoms with van der Waals surface area (Å²) in [6.07, 6.45) is 13.4. The maximum absolute atomic E-state index is 6.50. The Hall–Kier alpha value is -1.45. The van der Waals surface area contributed by atoms with Crippen LogP contribution in [0.25, 0.3) is 5.57 Å². The Balaban J connectivity index is 1.67. The molecule has 118 valence electrons. The third kappa shape index (κ3) is 3.31. The van der Waals surface area contributed by atoms with E-state index in [1.165, 1.54) is 24.8 Å². The van der Waals surface area contributed by atoms with Crippen LogP contribution in [0.5, 0.6) is 0 Å². The summed E-state index contributed by atoms with van der Waals surface area (Å²) < 4.78 is 6.50. The van der Waals surface area contributed by atoms with Crippen molar-refractivity contribution < 1.29 is 4.74 Å². The van der Waals surface area contributed by atoms with Crippen LogP contribution in [0.3, 0.4) is 0 Å². The van der Waals surface area contributed by atoms with Crippen LogP contribution in [-0.2, 0) is 4.74 Å². The summed E-state index contributed by atoms with van der Waals surface area (Å²) in [5, 5.41) is 0. The quantitative estimate of drug-likeness (QED) is 0.848. The zero-order valence-corrected chi connectivity index (χ0v) is 13.8. The highest BCUT2D eigenvalue weighted by Crippen LogP contribution is 2.34. The molecule has 3 nitrogen and oxygen atoms in total. The van der Waals surface area contributed by atoms with Gasteiger partial charge >= 0.3 is 0 Å². The molecule has 22 heavy (non-hydrogen) atoms. The van der Waals surface area contributed by atoms with Gasteiger partial charge in [-0.25, -0.2) is 0 Å². The SMILES string of the molecule is CN(C)C1CCC[C@H]1OC1(C)C=CC(c2ccccn2)=CC1. The molecule has 1 fully saturated rings. The van der Waals surface area contributed by atoms with E-state index in [9.17, 15) is 0 Å². The summed E-state index contributed by atoms with van der Waals surface area (Å²) in [7, 11) is 4.31. The summed E-state index contributed by atoms with van der Waals surface area (Å²) >= 11 is 0. The minimum absolute atomic E-state index is 0.193. The smallest absolute Gasteiger partial charge is 0.0876 e. The van der Waals surface area contributed by atoms with Crippen LogP contribution in [0.1, 0.15) is 38.3 Å². The van der Waals surface area contributed by atoms with Crippen molar-refractivity contribution in [2.24, 2.45) is 0 Å². The topological polar surface area (TPSA) is 25.4 Å². The van der Waals surface area contributed by atoms with Gasteiger partial charge in [0.2, 0.25) is 0 Å². The van der Waals surface area contributed by atoms with Gasteiger partial charge in [-0.15, -0.1) is 0 Å². The molecule has 3 rings (SSSR count). The first-order valence-corrected chi connectivity index (χ1v) is 8.22. The van der Waals surface area contributed by atoms with Gasteiger partial charge in [0.05, 0.1) is 17.4 Å². The fraction of sp³-hybridized carbons (Fsp3) is 0.526. The number of allylic oxidation sites excluding steroid dienone is 2. The van der Waals surface area contributed by atoms with Crippen molar-refractivity contribution in [3.05, 3.63) is 48.3 Å². The van der Waals surface area contributed by atoms with Gasteiger partial charge in [0, 0.05) is 12.2 Å². The van der Waals surface area contributed by atoms with E-state index in [0.717, 1.165) is 12.1 Å². The van der Waals surface area contributed by atoms with E-state index in [1.807, 2.05) is 18.3 Å². The molecule has 0 aromatic carbocycles. The van der Waals surface area contributed by atoms with E-state index in [4.69, 9.17) is 4.74 Å². The molecule has 2 unspecified atom stereocenters. The van der Waals surface area contributed by atoms with Crippen molar-refractivity contribution in [2.75, 3.05) is 14.1 Å². The molecule has 0 aliphatic heterocycles. The molecule has 3 atom stereocenters. The normalized spacial score (nSPS) is 31.5. The number of ether oxygens (including phenoxy) is 1. The van der Waals surface area contributed by atoms with Gasteiger partial charge in [0.15, 0.2) is 0 Å². The summed E-state index contributed by atoms with van der Waals surface area (Å²) in [5.41, 5.74) is 2.03. The van der Waals surface area contributed by atoms with Crippen molar-refractivity contribution in [2.45, 2.75) is 50.4 Å². The van der Waals surface area contributed by atoms with Crippen LogP contribution in [0.4, 0.5) is 0 Å². The number of hydrogen-bond donors (Lipinski definition) is 0. The zero-order valence-electron chi connectivity index (χ0n) is 13.8. The second-order valence-corrected chi connectivity index (χ2v) is 6.84. The van der Waals surface area contributed by atoms with Gasteiger partial charge in [0.1, 0.15) is 0 Å². The van der Waals surface area contributed by atoms with Gasteiger partial charge in [-0.2, -0.15) is 0 Å². The van der Waals surface area contributed by atoms with Crippen LogP contribution in [0.2, 0.25) is 0 Å². The van der Waals surface area contributed by atoms with Gasteiger partial charge < -0.3 is 9.64 Å². The Morgan fingerprint density at radius 2 is 2.14 bits per heavy atom. The zero-order chi connectivity index (χ0) is 15.6. The fourth-order valence-electron chi connectivity index (χ4n) is 3.51. The Kier molecular flexibility index (Phi) is 4.46. The maximum Gasteiger partial charge on any atom is 0.0876 e. The fourth-order valence-corrected chi connectivity index (χ4v) is 3.51. The minimum atomic E-state index is -0.193. The predicted molar refractivity (Wildman–Crippen MR) is 90.6 cm³/mol. The van der Waals surface area contributed by atoms with E-state index < -0.39 is 0 Å². The molecule has 0 radical (unpaired) electrons. The van der Waals surface area contributed by atoms with Crippen molar-refractivity contribution in [3.63, 3.8) is 0 Å². The van der Waals surface area contributed by atoms with Crippen molar-refractivity contribution in [1.82, 2.24) is 9.88 Å². The predicted octanol–water partition coefficient (Wildman–Crippen LogP) is 3.68. The number of pyridine rings is 1. The Morgan fingerprint density at radius 3 is 2.77 bits per heavy atom. The van der Waals surface area contributed by atoms with Crippen molar-refractivity contribution >= 4 is 5.57 Å². The molecule has 2 aliphatic rings. The molecule has 0 N–H and O–H groups in total. The lowest BCUT2D eigenvalue weighted by atomic mass is 9.92. The van der Waals surface area contributed by atoms with Gasteiger partial charge in [-0.3, -0.25) is 4.98 Å². The second-order valence-electron chi connectivity index (χ2n) is 6.84. The standard InChI is InChI=1S/C19H26N2O/c1-19(22-18-9-6-8-17(18)21(2)3)12-10-15(11-13-19)16-7-4-5-14-20-16/h4-5,7,10-12,14,17-18H,6,8-9,13H2,1-3H3/t17?,18-,19?/m1/s1. The number of hydrogen-bond acceptors (Lipinski definition) is 3. The third-order valence-electron chi connectivity index (χ3n) is 4.80. The first-order valence-electron chi connectivity index (χ1n) is 8.22. The van der Waals surface area contributed by atoms with E-state index >= 15 is 0 Å². The lowest BCUT2D eigenvalue weighted by Crippen LogP contribution is -2.42. The second kappa shape index (κ2) is 6.35. The van der Waals surface area contributed by atoms with Crippen molar-refractivity contribution in [3.8, 4) is 0 Å². The maximum atomic E-state index is 6.50. The highest BCUT2D eigenvalue weighted by atomic mass is 16.5. The van der Waals surface area contributed by atoms with Crippen LogP contribution in [-0.4, -0.2) is 41.7 Å². The molecule has 0 bridgehead atoms. The number of aromatic nitrogens is 1. The number of likely N-dealkylation sites (N-methyl/N-ethyl adjacent to an activating group) is 1. The van der Waals surface area contributed by atoms with Gasteiger partial charge in [-0.05, 0) is 64.4 Å². The Morgan fingerprint density at radius 1 is 1.27 bits per heavy atom. The lowest BCUT2D eigenvalue weighted by molar-refractivity contribution is -0.0716. The average Bonchev–Trinajstić information content (AvgIpc) is 2.96. The first kappa shape index (κ1) is 15.4. The molecule has 0 saturated heterocycles. The summed E-state index contributed by atoms with van der Waals surface area (Å²) in [6.45, 7) is 2.19. The van der Waals surface area contributed by atoms with E-state index in [0.29, 0.717) is 12.1 Å². The summed E-state index contributed by atoms with van der Waals surface area (Å²) in [6, 6.07) is 6.58. The van der Waals surface area contributed by atoms with E-state index in [-0.39, 0.29) is 5.60 Å². The molecule has 1 aromatic rings. The molecule has 0 spiro atoms. The molecular formula is C19H26N2O. The van der Waals surface area contributed by atoms with E-state index in [1.54, 1.807) is 0 Å². The summed E-state index contributed by atoms with van der Waals surface area (Å²) in [5.74, 6) is 0. The Bertz CT molecular complexity index is 564. The van der Waals surface area contributed by atoms with Gasteiger partial charge in [-0.1, -0.05) is 24.3 Å². The highest BCUT2D eigenvalue weighted by molar-refractivity contribution is 5.73. The van der Waals surface area contributed by atoms with Crippen LogP contribution in [0, 0.1) is 0 Å². The molecule has 1 saturated carbocycles. The number of nitrogens with zero attached hydrogens (tertiary/aromatic N) is 2. The van der Waals surface area contributed by atoms with Crippen LogP contribution < -0.4 is 0 Å². The highest BCUT2D eigenvalue weighted by Gasteiger charge is 2.35.